The summed E-state index contributed by atoms with van der Waals surface area (Å²) >= 11 is 6.13. The first kappa shape index (κ1) is 16.7. The molecule has 5 nitrogen and oxygen atoms in total. The van der Waals surface area contributed by atoms with Crippen molar-refractivity contribution in [3.05, 3.63) is 64.7 Å². The number of hydrogen-bond donors (Lipinski definition) is 0. The average Bonchev–Trinajstić information content (AvgIpc) is 3.24. The van der Waals surface area contributed by atoms with Crippen LogP contribution in [0.15, 0.2) is 47.0 Å². The lowest BCUT2D eigenvalue weighted by atomic mass is 10.1. The molecule has 0 aliphatic carbocycles. The van der Waals surface area contributed by atoms with Crippen LogP contribution in [0.2, 0.25) is 5.02 Å². The Morgan fingerprint density at radius 1 is 1.27 bits per heavy atom. The summed E-state index contributed by atoms with van der Waals surface area (Å²) in [6.45, 7) is 2.29. The summed E-state index contributed by atoms with van der Waals surface area (Å²) in [5.41, 5.74) is 2.25. The number of halogens is 2. The zero-order valence-corrected chi connectivity index (χ0v) is 14.7. The quantitative estimate of drug-likeness (QED) is 0.686. The number of rotatable bonds is 3. The third-order valence-corrected chi connectivity index (χ3v) is 4.83. The number of aryl methyl sites for hydroxylation is 1. The summed E-state index contributed by atoms with van der Waals surface area (Å²) in [6, 6.07) is 11.7. The van der Waals surface area contributed by atoms with Gasteiger partial charge >= 0.3 is 0 Å². The largest absolute Gasteiger partial charge is 0.334 e. The zero-order chi connectivity index (χ0) is 18.3. The van der Waals surface area contributed by atoms with E-state index in [-0.39, 0.29) is 18.2 Å². The minimum Gasteiger partial charge on any atom is -0.334 e. The van der Waals surface area contributed by atoms with E-state index in [4.69, 9.17) is 16.1 Å². The summed E-state index contributed by atoms with van der Waals surface area (Å²) in [4.78, 5) is 18.3. The zero-order valence-electron chi connectivity index (χ0n) is 13.9. The fourth-order valence-corrected chi connectivity index (χ4v) is 3.35. The standard InChI is InChI=1S/C19H15ClFN3O2/c1-11-4-2-3-5-14(11)19-22-18(23-26-19)12-8-17(25)24(10-12)16-9-13(21)6-7-15(16)20/h2-7,9,12H,8,10H2,1H3. The molecule has 1 unspecified atom stereocenters. The number of amides is 1. The van der Waals surface area contributed by atoms with Gasteiger partial charge in [-0.05, 0) is 36.8 Å². The van der Waals surface area contributed by atoms with E-state index < -0.39 is 5.82 Å². The predicted molar refractivity (Wildman–Crippen MR) is 95.6 cm³/mol. The van der Waals surface area contributed by atoms with Crippen LogP contribution in [0.25, 0.3) is 11.5 Å². The first-order valence-electron chi connectivity index (χ1n) is 8.18. The first-order valence-corrected chi connectivity index (χ1v) is 8.56. The van der Waals surface area contributed by atoms with Gasteiger partial charge in [0.1, 0.15) is 5.82 Å². The van der Waals surface area contributed by atoms with E-state index >= 15 is 0 Å². The number of hydrogen-bond acceptors (Lipinski definition) is 4. The lowest BCUT2D eigenvalue weighted by Gasteiger charge is -2.17. The molecule has 0 N–H and O–H groups in total. The fourth-order valence-electron chi connectivity index (χ4n) is 3.13. The monoisotopic (exact) mass is 371 g/mol. The van der Waals surface area contributed by atoms with Crippen LogP contribution in [0.1, 0.15) is 23.7 Å². The van der Waals surface area contributed by atoms with Gasteiger partial charge in [0.05, 0.1) is 10.7 Å². The molecular formula is C19H15ClFN3O2. The topological polar surface area (TPSA) is 59.2 Å². The minimum absolute atomic E-state index is 0.148. The van der Waals surface area contributed by atoms with Gasteiger partial charge in [-0.1, -0.05) is 35.0 Å². The molecule has 1 aromatic heterocycles. The Morgan fingerprint density at radius 3 is 2.88 bits per heavy atom. The molecule has 2 aromatic carbocycles. The first-order chi connectivity index (χ1) is 12.5. The highest BCUT2D eigenvalue weighted by atomic mass is 35.5. The second-order valence-electron chi connectivity index (χ2n) is 6.27. The molecule has 1 amide bonds. The van der Waals surface area contributed by atoms with Crippen molar-refractivity contribution in [3.63, 3.8) is 0 Å². The second kappa shape index (κ2) is 6.53. The molecule has 1 saturated heterocycles. The predicted octanol–water partition coefficient (Wildman–Crippen LogP) is 4.36. The number of carbonyl (C=O) groups is 1. The molecule has 3 aromatic rings. The van der Waals surface area contributed by atoms with Crippen molar-refractivity contribution in [3.8, 4) is 11.5 Å². The Kier molecular flexibility index (Phi) is 4.20. The molecular weight excluding hydrogens is 357 g/mol. The summed E-state index contributed by atoms with van der Waals surface area (Å²) in [7, 11) is 0. The highest BCUT2D eigenvalue weighted by Gasteiger charge is 2.35. The van der Waals surface area contributed by atoms with E-state index in [9.17, 15) is 9.18 Å². The summed E-state index contributed by atoms with van der Waals surface area (Å²) in [5, 5.41) is 4.37. The van der Waals surface area contributed by atoms with Crippen LogP contribution in [0.4, 0.5) is 10.1 Å². The van der Waals surface area contributed by atoms with Crippen molar-refractivity contribution in [1.82, 2.24) is 10.1 Å². The normalized spacial score (nSPS) is 17.1. The molecule has 2 heterocycles. The second-order valence-corrected chi connectivity index (χ2v) is 6.68. The van der Waals surface area contributed by atoms with Crippen molar-refractivity contribution in [2.24, 2.45) is 0 Å². The molecule has 0 saturated carbocycles. The van der Waals surface area contributed by atoms with E-state index in [1.807, 2.05) is 31.2 Å². The maximum absolute atomic E-state index is 13.5. The van der Waals surface area contributed by atoms with E-state index in [1.165, 1.54) is 23.1 Å². The molecule has 7 heteroatoms. The van der Waals surface area contributed by atoms with E-state index in [1.54, 1.807) is 0 Å². The molecule has 26 heavy (non-hydrogen) atoms. The van der Waals surface area contributed by atoms with Gasteiger partial charge < -0.3 is 9.42 Å². The van der Waals surface area contributed by atoms with Crippen LogP contribution in [0.3, 0.4) is 0 Å². The maximum atomic E-state index is 13.5. The Morgan fingerprint density at radius 2 is 2.08 bits per heavy atom. The molecule has 0 bridgehead atoms. The third kappa shape index (κ3) is 2.97. The summed E-state index contributed by atoms with van der Waals surface area (Å²) in [5.74, 6) is 0.0644. The van der Waals surface area contributed by atoms with E-state index in [2.05, 4.69) is 10.1 Å². The molecule has 1 aliphatic rings. The maximum Gasteiger partial charge on any atom is 0.258 e. The van der Waals surface area contributed by atoms with Crippen LogP contribution >= 0.6 is 11.6 Å². The Balaban J connectivity index is 1.60. The molecule has 1 fully saturated rings. The van der Waals surface area contributed by atoms with Gasteiger partial charge in [0.2, 0.25) is 5.91 Å². The van der Waals surface area contributed by atoms with Crippen molar-refractivity contribution < 1.29 is 13.7 Å². The van der Waals surface area contributed by atoms with Crippen LogP contribution in [-0.4, -0.2) is 22.6 Å². The van der Waals surface area contributed by atoms with E-state index in [0.29, 0.717) is 29.0 Å². The van der Waals surface area contributed by atoms with Gasteiger partial charge in [-0.15, -0.1) is 0 Å². The van der Waals surface area contributed by atoms with Crippen molar-refractivity contribution in [1.29, 1.82) is 0 Å². The lowest BCUT2D eigenvalue weighted by Crippen LogP contribution is -2.24. The van der Waals surface area contributed by atoms with Gasteiger partial charge in [0.15, 0.2) is 5.82 Å². The Labute approximate surface area is 154 Å². The van der Waals surface area contributed by atoms with Crippen LogP contribution in [-0.2, 0) is 4.79 Å². The van der Waals surface area contributed by atoms with Crippen molar-refractivity contribution in [2.45, 2.75) is 19.3 Å². The van der Waals surface area contributed by atoms with Gasteiger partial charge in [-0.2, -0.15) is 4.98 Å². The molecule has 0 radical (unpaired) electrons. The number of aromatic nitrogens is 2. The van der Waals surface area contributed by atoms with Crippen LogP contribution in [0.5, 0.6) is 0 Å². The van der Waals surface area contributed by atoms with Crippen LogP contribution < -0.4 is 4.90 Å². The fraction of sp³-hybridized carbons (Fsp3) is 0.211. The van der Waals surface area contributed by atoms with Gasteiger partial charge in [-0.3, -0.25) is 4.79 Å². The third-order valence-electron chi connectivity index (χ3n) is 4.51. The van der Waals surface area contributed by atoms with E-state index in [0.717, 1.165) is 11.1 Å². The number of nitrogens with zero attached hydrogens (tertiary/aromatic N) is 3. The highest BCUT2D eigenvalue weighted by molar-refractivity contribution is 6.33. The molecule has 1 aliphatic heterocycles. The molecule has 1 atom stereocenters. The van der Waals surface area contributed by atoms with Crippen molar-refractivity contribution >= 4 is 23.2 Å². The Bertz CT molecular complexity index is 988. The number of carbonyl (C=O) groups excluding carboxylic acids is 1. The van der Waals surface area contributed by atoms with Gasteiger partial charge in [0, 0.05) is 24.4 Å². The molecule has 0 spiro atoms. The SMILES string of the molecule is Cc1ccccc1-c1nc(C2CC(=O)N(c3cc(F)ccc3Cl)C2)no1. The van der Waals surface area contributed by atoms with Crippen molar-refractivity contribution in [2.75, 3.05) is 11.4 Å². The minimum atomic E-state index is -0.443. The number of anilines is 1. The average molecular weight is 372 g/mol. The lowest BCUT2D eigenvalue weighted by molar-refractivity contribution is -0.117. The van der Waals surface area contributed by atoms with Gasteiger partial charge in [0.25, 0.3) is 5.89 Å². The molecule has 132 valence electrons. The Hall–Kier alpha value is -2.73. The summed E-state index contributed by atoms with van der Waals surface area (Å²) < 4.78 is 18.9. The van der Waals surface area contributed by atoms with Gasteiger partial charge in [-0.25, -0.2) is 4.39 Å². The highest BCUT2D eigenvalue weighted by Crippen LogP contribution is 2.35. The number of benzene rings is 2. The summed E-state index contributed by atoms with van der Waals surface area (Å²) in [6.07, 6.45) is 0.222. The van der Waals surface area contributed by atoms with Crippen LogP contribution in [0, 0.1) is 12.7 Å². The smallest absolute Gasteiger partial charge is 0.258 e. The molecule has 4 rings (SSSR count).